The number of pyridine rings is 2. The number of nitrogens with zero attached hydrogens (tertiary/aromatic N) is 4. The Morgan fingerprint density at radius 3 is 2.29 bits per heavy atom. The normalized spacial score (nSPS) is 20.4. The Morgan fingerprint density at radius 1 is 0.933 bits per heavy atom. The second kappa shape index (κ2) is 13.1. The molecule has 5 heterocycles. The van der Waals surface area contributed by atoms with E-state index in [1.54, 1.807) is 17.7 Å². The van der Waals surface area contributed by atoms with E-state index in [9.17, 15) is 14.4 Å². The molecule has 45 heavy (non-hydrogen) atoms. The van der Waals surface area contributed by atoms with Crippen LogP contribution in [0.2, 0.25) is 0 Å². The van der Waals surface area contributed by atoms with Crippen molar-refractivity contribution in [2.24, 2.45) is 18.9 Å². The van der Waals surface area contributed by atoms with Gasteiger partial charge in [-0.25, -0.2) is 4.39 Å². The minimum atomic E-state index is -0.529. The van der Waals surface area contributed by atoms with Crippen LogP contribution in [0.4, 0.5) is 15.8 Å². The molecule has 2 amide bonds. The van der Waals surface area contributed by atoms with Crippen LogP contribution >= 0.6 is 0 Å². The molecule has 1 unspecified atom stereocenters. The highest BCUT2D eigenvalue weighted by molar-refractivity contribution is 6.01. The molecule has 238 valence electrons. The van der Waals surface area contributed by atoms with E-state index in [0.717, 1.165) is 73.5 Å². The first-order valence-electron chi connectivity index (χ1n) is 16.2. The molecule has 3 aliphatic rings. The van der Waals surface area contributed by atoms with Crippen LogP contribution in [0.25, 0.3) is 11.1 Å². The van der Waals surface area contributed by atoms with Gasteiger partial charge in [-0.3, -0.25) is 29.6 Å². The second-order valence-corrected chi connectivity index (χ2v) is 13.0. The van der Waals surface area contributed by atoms with E-state index < -0.39 is 6.04 Å². The Hall–Kier alpha value is -4.05. The minimum Gasteiger partial charge on any atom is -0.374 e. The van der Waals surface area contributed by atoms with Gasteiger partial charge in [-0.15, -0.1) is 0 Å². The molecule has 10 heteroatoms. The lowest BCUT2D eigenvalue weighted by Gasteiger charge is -2.41. The minimum absolute atomic E-state index is 0.0385. The van der Waals surface area contributed by atoms with Crippen molar-refractivity contribution < 1.29 is 14.0 Å². The highest BCUT2D eigenvalue weighted by Crippen LogP contribution is 2.35. The van der Waals surface area contributed by atoms with E-state index in [1.807, 2.05) is 32.3 Å². The van der Waals surface area contributed by atoms with Gasteiger partial charge < -0.3 is 14.8 Å². The molecule has 6 rings (SSSR count). The number of carbonyl (C=O) groups is 2. The first kappa shape index (κ1) is 31.0. The summed E-state index contributed by atoms with van der Waals surface area (Å²) in [7, 11) is 1.79. The molecule has 1 aromatic carbocycles. The topological polar surface area (TPSA) is 99.6 Å². The first-order valence-corrected chi connectivity index (χ1v) is 16.2. The van der Waals surface area contributed by atoms with E-state index in [0.29, 0.717) is 29.6 Å². The third-order valence-corrected chi connectivity index (χ3v) is 10.2. The predicted octanol–water partition coefficient (Wildman–Crippen LogP) is 4.55. The lowest BCUT2D eigenvalue weighted by molar-refractivity contribution is -0.133. The summed E-state index contributed by atoms with van der Waals surface area (Å²) >= 11 is 0. The third-order valence-electron chi connectivity index (χ3n) is 10.2. The largest absolute Gasteiger partial charge is 0.374 e. The standard InChI is InChI=1S/C35H43FN6O3/c1-22-23(2)35(45)40(3)21-29(22)26-4-5-28(37-19-26)20-41-14-10-24(11-15-41)25-12-16-42(17-13-25)32-8-6-27(18-30(32)36)38-31-7-9-33(43)39-34(31)44/h4-6,8,18-19,21,24-25,31,38H,7,9-17,20H2,1-3H3,(H,39,43,44). The molecule has 0 saturated carbocycles. The average Bonchev–Trinajstić information content (AvgIpc) is 3.04. The smallest absolute Gasteiger partial charge is 0.253 e. The fourth-order valence-corrected chi connectivity index (χ4v) is 7.25. The molecule has 0 spiro atoms. The Balaban J connectivity index is 0.969. The maximum Gasteiger partial charge on any atom is 0.253 e. The third kappa shape index (κ3) is 6.81. The van der Waals surface area contributed by atoms with Gasteiger partial charge in [0.15, 0.2) is 0 Å². The molecule has 3 aromatic rings. The number of hydrogen-bond acceptors (Lipinski definition) is 7. The van der Waals surface area contributed by atoms with Gasteiger partial charge in [-0.2, -0.15) is 0 Å². The summed E-state index contributed by atoms with van der Waals surface area (Å²) in [6.07, 6.45) is 8.98. The molecule has 0 aliphatic carbocycles. The Bertz CT molecular complexity index is 1620. The number of rotatable bonds is 7. The maximum atomic E-state index is 15.1. The Kier molecular flexibility index (Phi) is 9.03. The number of imide groups is 1. The van der Waals surface area contributed by atoms with Gasteiger partial charge in [0, 0.05) is 67.9 Å². The highest BCUT2D eigenvalue weighted by atomic mass is 19.1. The molecule has 3 fully saturated rings. The van der Waals surface area contributed by atoms with Crippen molar-refractivity contribution >= 4 is 23.2 Å². The van der Waals surface area contributed by atoms with Gasteiger partial charge in [0.2, 0.25) is 11.8 Å². The number of halogens is 1. The van der Waals surface area contributed by atoms with E-state index in [-0.39, 0.29) is 29.6 Å². The number of aromatic nitrogens is 2. The van der Waals surface area contributed by atoms with E-state index >= 15 is 4.39 Å². The van der Waals surface area contributed by atoms with Crippen LogP contribution in [0.3, 0.4) is 0 Å². The van der Waals surface area contributed by atoms with Gasteiger partial charge in [-0.05, 0) is 101 Å². The molecule has 3 aliphatic heterocycles. The Morgan fingerprint density at radius 2 is 1.64 bits per heavy atom. The lowest BCUT2D eigenvalue weighted by atomic mass is 9.78. The van der Waals surface area contributed by atoms with Crippen LogP contribution in [0, 0.1) is 31.5 Å². The molecule has 9 nitrogen and oxygen atoms in total. The van der Waals surface area contributed by atoms with Crippen LogP contribution in [-0.2, 0) is 23.2 Å². The first-order chi connectivity index (χ1) is 21.7. The zero-order chi connectivity index (χ0) is 31.7. The van der Waals surface area contributed by atoms with Crippen LogP contribution in [0.1, 0.15) is 55.3 Å². The number of amides is 2. The predicted molar refractivity (Wildman–Crippen MR) is 174 cm³/mol. The molecular formula is C35H43FN6O3. The van der Waals surface area contributed by atoms with Gasteiger partial charge in [0.1, 0.15) is 11.9 Å². The highest BCUT2D eigenvalue weighted by Gasteiger charge is 2.31. The molecular weight excluding hydrogens is 571 g/mol. The number of piperidine rings is 3. The fraction of sp³-hybridized carbons (Fsp3) is 0.486. The van der Waals surface area contributed by atoms with Crippen molar-refractivity contribution in [3.05, 3.63) is 75.7 Å². The zero-order valence-corrected chi connectivity index (χ0v) is 26.4. The average molecular weight is 615 g/mol. The van der Waals surface area contributed by atoms with Crippen LogP contribution in [-0.4, -0.2) is 58.5 Å². The van der Waals surface area contributed by atoms with Gasteiger partial charge in [0.25, 0.3) is 5.56 Å². The number of nitrogens with one attached hydrogen (secondary N) is 2. The van der Waals surface area contributed by atoms with E-state index in [2.05, 4.69) is 32.6 Å². The van der Waals surface area contributed by atoms with Crippen molar-refractivity contribution in [1.29, 1.82) is 0 Å². The van der Waals surface area contributed by atoms with Crippen LogP contribution < -0.4 is 21.1 Å². The molecule has 2 aromatic heterocycles. The van der Waals surface area contributed by atoms with Crippen molar-refractivity contribution in [3.63, 3.8) is 0 Å². The fourth-order valence-electron chi connectivity index (χ4n) is 7.25. The molecule has 2 N–H and O–H groups in total. The summed E-state index contributed by atoms with van der Waals surface area (Å²) in [5.74, 6) is 0.433. The number of benzene rings is 1. The van der Waals surface area contributed by atoms with Crippen molar-refractivity contribution in [2.45, 2.75) is 65.0 Å². The zero-order valence-electron chi connectivity index (χ0n) is 26.4. The number of anilines is 2. The molecule has 0 radical (unpaired) electrons. The summed E-state index contributed by atoms with van der Waals surface area (Å²) in [6, 6.07) is 8.76. The summed E-state index contributed by atoms with van der Waals surface area (Å²) in [5.41, 5.74) is 6.10. The summed E-state index contributed by atoms with van der Waals surface area (Å²) in [6.45, 7) is 8.51. The van der Waals surface area contributed by atoms with Crippen molar-refractivity contribution in [1.82, 2.24) is 19.8 Å². The lowest BCUT2D eigenvalue weighted by Crippen LogP contribution is -2.47. The molecule has 0 bridgehead atoms. The molecule has 1 atom stereocenters. The van der Waals surface area contributed by atoms with Crippen LogP contribution in [0.5, 0.6) is 0 Å². The monoisotopic (exact) mass is 614 g/mol. The summed E-state index contributed by atoms with van der Waals surface area (Å²) in [5, 5.41) is 5.39. The van der Waals surface area contributed by atoms with Crippen molar-refractivity contribution in [2.75, 3.05) is 36.4 Å². The van der Waals surface area contributed by atoms with Crippen molar-refractivity contribution in [3.8, 4) is 11.1 Å². The Labute approximate surface area is 263 Å². The quantitative estimate of drug-likeness (QED) is 0.377. The number of carbonyl (C=O) groups excluding carboxylic acids is 2. The summed E-state index contributed by atoms with van der Waals surface area (Å²) in [4.78, 5) is 45.1. The molecule has 3 saturated heterocycles. The van der Waals surface area contributed by atoms with E-state index in [1.165, 1.54) is 18.9 Å². The number of hydrogen-bond donors (Lipinski definition) is 2. The SMILES string of the molecule is Cc1c(-c2ccc(CN3CCC(C4CCN(c5ccc(NC6CCC(=O)NC6=O)cc5F)CC4)CC3)nc2)cn(C)c(=O)c1C. The number of aryl methyl sites for hydroxylation is 1. The van der Waals surface area contributed by atoms with Gasteiger partial charge in [0.05, 0.1) is 11.4 Å². The maximum absolute atomic E-state index is 15.1. The van der Waals surface area contributed by atoms with Gasteiger partial charge >= 0.3 is 0 Å². The van der Waals surface area contributed by atoms with E-state index in [4.69, 9.17) is 4.98 Å². The van der Waals surface area contributed by atoms with Crippen LogP contribution in [0.15, 0.2) is 47.5 Å². The van der Waals surface area contributed by atoms with Gasteiger partial charge in [-0.1, -0.05) is 6.07 Å². The summed E-state index contributed by atoms with van der Waals surface area (Å²) < 4.78 is 16.8. The second-order valence-electron chi connectivity index (χ2n) is 13.0. The number of likely N-dealkylation sites (tertiary alicyclic amines) is 1.